The second kappa shape index (κ2) is 2.83. The molecule has 1 heterocycles. The molecule has 0 radical (unpaired) electrons. The van der Waals surface area contributed by atoms with Crippen molar-refractivity contribution in [2.45, 2.75) is 4.90 Å². The molecule has 0 spiro atoms. The monoisotopic (exact) mass is 182 g/mol. The Hall–Kier alpha value is -0.540. The smallest absolute Gasteiger partial charge is 0.134 e. The topological polar surface area (TPSA) is 13.1 Å². The maximum Gasteiger partial charge on any atom is 0.134 e. The van der Waals surface area contributed by atoms with Gasteiger partial charge in [0.1, 0.15) is 5.58 Å². The van der Waals surface area contributed by atoms with Crippen LogP contribution < -0.4 is 0 Å². The van der Waals surface area contributed by atoms with Gasteiger partial charge in [-0.15, -0.1) is 11.7 Å². The van der Waals surface area contributed by atoms with E-state index in [4.69, 9.17) is 4.42 Å². The fraction of sp³-hybridized carbons (Fsp3) is 0. The SMILES string of the molecule is SSc1ccc2ccoc2c1. The van der Waals surface area contributed by atoms with Crippen molar-refractivity contribution in [1.82, 2.24) is 0 Å². The number of fused-ring (bicyclic) bond motifs is 1. The van der Waals surface area contributed by atoms with Crippen LogP contribution in [0.25, 0.3) is 11.0 Å². The molecule has 56 valence electrons. The second-order valence-corrected chi connectivity index (χ2v) is 3.41. The first kappa shape index (κ1) is 7.13. The summed E-state index contributed by atoms with van der Waals surface area (Å²) in [5, 5.41) is 1.14. The van der Waals surface area contributed by atoms with Gasteiger partial charge in [-0.05, 0) is 24.3 Å². The number of hydrogen-bond acceptors (Lipinski definition) is 3. The molecule has 1 nitrogen and oxygen atoms in total. The van der Waals surface area contributed by atoms with Crippen LogP contribution in [0.15, 0.2) is 39.8 Å². The molecule has 0 aliphatic carbocycles. The van der Waals surface area contributed by atoms with Crippen LogP contribution in [-0.2, 0) is 0 Å². The molecule has 0 bridgehead atoms. The van der Waals surface area contributed by atoms with E-state index in [0.29, 0.717) is 0 Å². The molecule has 2 rings (SSSR count). The van der Waals surface area contributed by atoms with Gasteiger partial charge >= 0.3 is 0 Å². The summed E-state index contributed by atoms with van der Waals surface area (Å²) in [7, 11) is 1.42. The maximum atomic E-state index is 5.21. The zero-order valence-electron chi connectivity index (χ0n) is 5.65. The molecule has 0 unspecified atom stereocenters. The Morgan fingerprint density at radius 3 is 3.00 bits per heavy atom. The van der Waals surface area contributed by atoms with Gasteiger partial charge in [-0.25, -0.2) is 0 Å². The maximum absolute atomic E-state index is 5.21. The number of hydrogen-bond donors (Lipinski definition) is 1. The lowest BCUT2D eigenvalue weighted by atomic mass is 10.3. The van der Waals surface area contributed by atoms with Crippen LogP contribution in [0, 0.1) is 0 Å². The van der Waals surface area contributed by atoms with Crippen molar-refractivity contribution in [3.8, 4) is 0 Å². The van der Waals surface area contributed by atoms with Crippen molar-refractivity contribution in [2.75, 3.05) is 0 Å². The zero-order chi connectivity index (χ0) is 7.68. The van der Waals surface area contributed by atoms with Crippen molar-refractivity contribution < 1.29 is 4.42 Å². The fourth-order valence-corrected chi connectivity index (χ4v) is 1.62. The Labute approximate surface area is 73.6 Å². The summed E-state index contributed by atoms with van der Waals surface area (Å²) in [5.41, 5.74) is 0.920. The average molecular weight is 182 g/mol. The molecule has 0 amide bonds. The Kier molecular flexibility index (Phi) is 1.84. The second-order valence-electron chi connectivity index (χ2n) is 2.21. The molecule has 2 aromatic rings. The third-order valence-corrected chi connectivity index (χ3v) is 2.63. The Morgan fingerprint density at radius 1 is 1.27 bits per heavy atom. The van der Waals surface area contributed by atoms with Gasteiger partial charge in [0.15, 0.2) is 0 Å². The highest BCUT2D eigenvalue weighted by Gasteiger charge is 1.96. The van der Waals surface area contributed by atoms with Gasteiger partial charge in [0.2, 0.25) is 0 Å². The van der Waals surface area contributed by atoms with Gasteiger partial charge in [-0.1, -0.05) is 10.8 Å². The van der Waals surface area contributed by atoms with Crippen LogP contribution in [0.3, 0.4) is 0 Å². The minimum atomic E-state index is 0.920. The lowest BCUT2D eigenvalue weighted by Crippen LogP contribution is -1.65. The third-order valence-electron chi connectivity index (χ3n) is 1.53. The summed E-state index contributed by atoms with van der Waals surface area (Å²) >= 11 is 4.09. The van der Waals surface area contributed by atoms with Gasteiger partial charge in [0.25, 0.3) is 0 Å². The predicted octanol–water partition coefficient (Wildman–Crippen LogP) is 3.37. The largest absolute Gasteiger partial charge is 0.464 e. The van der Waals surface area contributed by atoms with Gasteiger partial charge in [-0.3, -0.25) is 0 Å². The van der Waals surface area contributed by atoms with Crippen molar-refractivity contribution in [1.29, 1.82) is 0 Å². The number of furan rings is 1. The molecule has 0 aliphatic rings. The summed E-state index contributed by atoms with van der Waals surface area (Å²) in [5.74, 6) is 0. The van der Waals surface area contributed by atoms with E-state index in [1.807, 2.05) is 24.3 Å². The van der Waals surface area contributed by atoms with E-state index in [2.05, 4.69) is 11.7 Å². The zero-order valence-corrected chi connectivity index (χ0v) is 7.36. The molecular formula is C8H6OS2. The molecule has 0 atom stereocenters. The number of rotatable bonds is 1. The van der Waals surface area contributed by atoms with Crippen LogP contribution in [0.2, 0.25) is 0 Å². The summed E-state index contributed by atoms with van der Waals surface area (Å²) in [6.07, 6.45) is 1.69. The summed E-state index contributed by atoms with van der Waals surface area (Å²) in [6, 6.07) is 7.97. The minimum absolute atomic E-state index is 0.920. The molecule has 0 saturated heterocycles. The Bertz CT molecular complexity index is 367. The predicted molar refractivity (Wildman–Crippen MR) is 51.1 cm³/mol. The molecule has 0 fully saturated rings. The highest BCUT2D eigenvalue weighted by molar-refractivity contribution is 8.68. The van der Waals surface area contributed by atoms with Crippen LogP contribution in [0.1, 0.15) is 0 Å². The van der Waals surface area contributed by atoms with Gasteiger partial charge < -0.3 is 4.42 Å². The summed E-state index contributed by atoms with van der Waals surface area (Å²) in [4.78, 5) is 1.11. The standard InChI is InChI=1S/C8H6OS2/c10-11-7-2-1-6-3-4-9-8(6)5-7/h1-5,10H. The van der Waals surface area contributed by atoms with Gasteiger partial charge in [0, 0.05) is 10.3 Å². The van der Waals surface area contributed by atoms with Crippen LogP contribution >= 0.6 is 22.5 Å². The molecule has 11 heavy (non-hydrogen) atoms. The Balaban J connectivity index is 2.67. The average Bonchev–Trinajstić information content (AvgIpc) is 2.50. The first-order valence-electron chi connectivity index (χ1n) is 3.19. The third kappa shape index (κ3) is 1.26. The highest BCUT2D eigenvalue weighted by atomic mass is 33.1. The van der Waals surface area contributed by atoms with Crippen molar-refractivity contribution in [3.63, 3.8) is 0 Å². The molecular weight excluding hydrogens is 176 g/mol. The Morgan fingerprint density at radius 2 is 2.18 bits per heavy atom. The fourth-order valence-electron chi connectivity index (χ4n) is 0.992. The lowest BCUT2D eigenvalue weighted by molar-refractivity contribution is 0.615. The van der Waals surface area contributed by atoms with E-state index < -0.39 is 0 Å². The minimum Gasteiger partial charge on any atom is -0.464 e. The van der Waals surface area contributed by atoms with Crippen molar-refractivity contribution in [2.24, 2.45) is 0 Å². The quantitative estimate of drug-likeness (QED) is 0.536. The van der Waals surface area contributed by atoms with Crippen LogP contribution in [-0.4, -0.2) is 0 Å². The summed E-state index contributed by atoms with van der Waals surface area (Å²) in [6.45, 7) is 0. The van der Waals surface area contributed by atoms with E-state index in [1.54, 1.807) is 6.26 Å². The summed E-state index contributed by atoms with van der Waals surface area (Å²) < 4.78 is 5.21. The molecule has 1 aromatic heterocycles. The van der Waals surface area contributed by atoms with Crippen LogP contribution in [0.4, 0.5) is 0 Å². The molecule has 0 N–H and O–H groups in total. The number of benzene rings is 1. The molecule has 3 heteroatoms. The van der Waals surface area contributed by atoms with Gasteiger partial charge in [0.05, 0.1) is 6.26 Å². The van der Waals surface area contributed by atoms with Crippen molar-refractivity contribution in [3.05, 3.63) is 30.5 Å². The van der Waals surface area contributed by atoms with E-state index in [9.17, 15) is 0 Å². The van der Waals surface area contributed by atoms with Crippen molar-refractivity contribution >= 4 is 33.4 Å². The molecule has 0 saturated carbocycles. The normalized spacial score (nSPS) is 10.6. The first-order chi connectivity index (χ1) is 5.40. The van der Waals surface area contributed by atoms with E-state index >= 15 is 0 Å². The number of thiol groups is 1. The highest BCUT2D eigenvalue weighted by Crippen LogP contribution is 2.25. The van der Waals surface area contributed by atoms with Crippen LogP contribution in [0.5, 0.6) is 0 Å². The first-order valence-corrected chi connectivity index (χ1v) is 5.06. The molecule has 1 aromatic carbocycles. The molecule has 0 aliphatic heterocycles. The van der Waals surface area contributed by atoms with E-state index in [0.717, 1.165) is 15.9 Å². The lowest BCUT2D eigenvalue weighted by Gasteiger charge is -1.92. The van der Waals surface area contributed by atoms with E-state index in [1.165, 1.54) is 10.8 Å². The van der Waals surface area contributed by atoms with Gasteiger partial charge in [-0.2, -0.15) is 0 Å². The van der Waals surface area contributed by atoms with E-state index in [-0.39, 0.29) is 0 Å².